The van der Waals surface area contributed by atoms with Gasteiger partial charge < -0.3 is 10.2 Å². The summed E-state index contributed by atoms with van der Waals surface area (Å²) in [4.78, 5) is 14.1. The quantitative estimate of drug-likeness (QED) is 0.739. The minimum atomic E-state index is -3.14. The highest BCUT2D eigenvalue weighted by atomic mass is 32.2. The SMILES string of the molecule is CCS(=O)(=O)NC1CCN(C(=O)CCC2CCNC2)CC1. The van der Waals surface area contributed by atoms with Crippen molar-refractivity contribution in [1.82, 2.24) is 14.9 Å². The van der Waals surface area contributed by atoms with E-state index in [0.717, 1.165) is 32.4 Å². The summed E-state index contributed by atoms with van der Waals surface area (Å²) in [6.07, 6.45) is 4.20. The number of carbonyl (C=O) groups excluding carboxylic acids is 1. The van der Waals surface area contributed by atoms with Gasteiger partial charge in [-0.15, -0.1) is 0 Å². The van der Waals surface area contributed by atoms with E-state index in [1.165, 1.54) is 6.42 Å². The van der Waals surface area contributed by atoms with Gasteiger partial charge in [-0.2, -0.15) is 0 Å². The predicted molar refractivity (Wildman–Crippen MR) is 82.4 cm³/mol. The van der Waals surface area contributed by atoms with Crippen molar-refractivity contribution < 1.29 is 13.2 Å². The van der Waals surface area contributed by atoms with Crippen molar-refractivity contribution in [2.45, 2.75) is 45.1 Å². The molecular weight excluding hydrogens is 290 g/mol. The van der Waals surface area contributed by atoms with Crippen molar-refractivity contribution in [1.29, 1.82) is 0 Å². The molecule has 2 N–H and O–H groups in total. The summed E-state index contributed by atoms with van der Waals surface area (Å²) in [5.41, 5.74) is 0. The fourth-order valence-electron chi connectivity index (χ4n) is 3.03. The first-order valence-corrected chi connectivity index (χ1v) is 9.64. The fraction of sp³-hybridized carbons (Fsp3) is 0.929. The summed E-state index contributed by atoms with van der Waals surface area (Å²) in [5, 5.41) is 3.32. The standard InChI is InChI=1S/C14H27N3O3S/c1-2-21(19,20)16-13-6-9-17(10-7-13)14(18)4-3-12-5-8-15-11-12/h12-13,15-16H,2-11H2,1H3. The van der Waals surface area contributed by atoms with Crippen LogP contribution in [0.3, 0.4) is 0 Å². The molecule has 0 radical (unpaired) electrons. The van der Waals surface area contributed by atoms with Crippen LogP contribution in [0.25, 0.3) is 0 Å². The molecule has 0 bridgehead atoms. The van der Waals surface area contributed by atoms with Crippen LogP contribution in [-0.2, 0) is 14.8 Å². The lowest BCUT2D eigenvalue weighted by molar-refractivity contribution is -0.132. The van der Waals surface area contributed by atoms with Crippen LogP contribution >= 0.6 is 0 Å². The van der Waals surface area contributed by atoms with E-state index in [4.69, 9.17) is 0 Å². The molecule has 122 valence electrons. The summed E-state index contributed by atoms with van der Waals surface area (Å²) in [6.45, 7) is 5.08. The van der Waals surface area contributed by atoms with Gasteiger partial charge in [-0.1, -0.05) is 0 Å². The molecule has 1 amide bonds. The molecule has 0 aromatic rings. The molecule has 1 unspecified atom stereocenters. The van der Waals surface area contributed by atoms with Crippen LogP contribution in [0.2, 0.25) is 0 Å². The Labute approximate surface area is 127 Å². The third-order valence-corrected chi connectivity index (χ3v) is 5.96. The largest absolute Gasteiger partial charge is 0.343 e. The van der Waals surface area contributed by atoms with E-state index in [2.05, 4.69) is 10.0 Å². The molecule has 6 nitrogen and oxygen atoms in total. The molecule has 0 aliphatic carbocycles. The Morgan fingerprint density at radius 2 is 2.00 bits per heavy atom. The highest BCUT2D eigenvalue weighted by Crippen LogP contribution is 2.17. The molecule has 0 saturated carbocycles. The summed E-state index contributed by atoms with van der Waals surface area (Å²) >= 11 is 0. The van der Waals surface area contributed by atoms with E-state index in [9.17, 15) is 13.2 Å². The van der Waals surface area contributed by atoms with Crippen LogP contribution in [0, 0.1) is 5.92 Å². The molecule has 1 atom stereocenters. The number of hydrogen-bond donors (Lipinski definition) is 2. The zero-order valence-corrected chi connectivity index (χ0v) is 13.6. The van der Waals surface area contributed by atoms with Gasteiger partial charge in [0.05, 0.1) is 5.75 Å². The molecule has 0 aromatic carbocycles. The number of amides is 1. The van der Waals surface area contributed by atoms with E-state index in [-0.39, 0.29) is 17.7 Å². The van der Waals surface area contributed by atoms with Crippen molar-refractivity contribution >= 4 is 15.9 Å². The Kier molecular flexibility index (Phi) is 6.01. The summed E-state index contributed by atoms with van der Waals surface area (Å²) < 4.78 is 25.8. The molecule has 2 fully saturated rings. The van der Waals surface area contributed by atoms with Crippen molar-refractivity contribution in [3.63, 3.8) is 0 Å². The molecule has 0 aromatic heterocycles. The molecule has 2 aliphatic rings. The van der Waals surface area contributed by atoms with E-state index in [1.807, 2.05) is 4.90 Å². The van der Waals surface area contributed by atoms with Gasteiger partial charge in [0.25, 0.3) is 0 Å². The average molecular weight is 317 g/mol. The third kappa shape index (κ3) is 5.23. The number of nitrogens with one attached hydrogen (secondary N) is 2. The second-order valence-electron chi connectivity index (χ2n) is 6.07. The predicted octanol–water partition coefficient (Wildman–Crippen LogP) is 0.306. The summed E-state index contributed by atoms with van der Waals surface area (Å²) in [5.74, 6) is 0.975. The van der Waals surface area contributed by atoms with Gasteiger partial charge in [0, 0.05) is 25.6 Å². The number of carbonyl (C=O) groups is 1. The Morgan fingerprint density at radius 1 is 1.29 bits per heavy atom. The van der Waals surface area contributed by atoms with Crippen LogP contribution in [0.1, 0.15) is 39.0 Å². The molecule has 2 saturated heterocycles. The summed E-state index contributed by atoms with van der Waals surface area (Å²) in [6, 6.07) is -0.0157. The minimum Gasteiger partial charge on any atom is -0.343 e. The van der Waals surface area contributed by atoms with E-state index >= 15 is 0 Å². The Hall–Kier alpha value is -0.660. The normalized spacial score (nSPS) is 24.4. The number of sulfonamides is 1. The molecule has 2 rings (SSSR count). The molecule has 2 aliphatic heterocycles. The first kappa shape index (κ1) is 16.7. The van der Waals surface area contributed by atoms with Crippen molar-refractivity contribution in [3.8, 4) is 0 Å². The van der Waals surface area contributed by atoms with E-state index < -0.39 is 10.0 Å². The first-order chi connectivity index (χ1) is 10.00. The lowest BCUT2D eigenvalue weighted by Crippen LogP contribution is -2.46. The fourth-order valence-corrected chi connectivity index (χ4v) is 3.94. The highest BCUT2D eigenvalue weighted by molar-refractivity contribution is 7.89. The maximum Gasteiger partial charge on any atom is 0.222 e. The number of likely N-dealkylation sites (tertiary alicyclic amines) is 1. The van der Waals surface area contributed by atoms with Crippen LogP contribution in [-0.4, -0.2) is 57.2 Å². The number of rotatable bonds is 6. The zero-order chi connectivity index (χ0) is 15.3. The van der Waals surface area contributed by atoms with Crippen LogP contribution in [0.4, 0.5) is 0 Å². The average Bonchev–Trinajstić information content (AvgIpc) is 2.98. The van der Waals surface area contributed by atoms with Gasteiger partial charge in [0.1, 0.15) is 0 Å². The Morgan fingerprint density at radius 3 is 2.57 bits per heavy atom. The number of piperidine rings is 1. The smallest absolute Gasteiger partial charge is 0.222 e. The van der Waals surface area contributed by atoms with E-state index in [1.54, 1.807) is 6.92 Å². The highest BCUT2D eigenvalue weighted by Gasteiger charge is 2.25. The van der Waals surface area contributed by atoms with Gasteiger partial charge in [-0.05, 0) is 51.6 Å². The molecular formula is C14H27N3O3S. The van der Waals surface area contributed by atoms with E-state index in [0.29, 0.717) is 25.4 Å². The van der Waals surface area contributed by atoms with Gasteiger partial charge in [-0.3, -0.25) is 4.79 Å². The lowest BCUT2D eigenvalue weighted by Gasteiger charge is -2.32. The molecule has 7 heteroatoms. The minimum absolute atomic E-state index is 0.0157. The van der Waals surface area contributed by atoms with Crippen LogP contribution < -0.4 is 10.0 Å². The summed E-state index contributed by atoms with van der Waals surface area (Å²) in [7, 11) is -3.14. The van der Waals surface area contributed by atoms with Gasteiger partial charge in [0.15, 0.2) is 0 Å². The van der Waals surface area contributed by atoms with Crippen molar-refractivity contribution in [2.75, 3.05) is 31.9 Å². The maximum atomic E-state index is 12.2. The first-order valence-electron chi connectivity index (χ1n) is 7.98. The topological polar surface area (TPSA) is 78.5 Å². The van der Waals surface area contributed by atoms with Gasteiger partial charge in [-0.25, -0.2) is 13.1 Å². The van der Waals surface area contributed by atoms with Crippen LogP contribution in [0.5, 0.6) is 0 Å². The molecule has 2 heterocycles. The molecule has 21 heavy (non-hydrogen) atoms. The maximum absolute atomic E-state index is 12.2. The van der Waals surface area contributed by atoms with Crippen LogP contribution in [0.15, 0.2) is 0 Å². The van der Waals surface area contributed by atoms with Crippen molar-refractivity contribution in [2.24, 2.45) is 5.92 Å². The second kappa shape index (κ2) is 7.56. The molecule has 0 spiro atoms. The Bertz CT molecular complexity index is 438. The zero-order valence-electron chi connectivity index (χ0n) is 12.8. The van der Waals surface area contributed by atoms with Crippen molar-refractivity contribution in [3.05, 3.63) is 0 Å². The second-order valence-corrected chi connectivity index (χ2v) is 8.12. The van der Waals surface area contributed by atoms with Gasteiger partial charge >= 0.3 is 0 Å². The number of hydrogen-bond acceptors (Lipinski definition) is 4. The Balaban J connectivity index is 1.69. The monoisotopic (exact) mass is 317 g/mol. The third-order valence-electron chi connectivity index (χ3n) is 4.50. The lowest BCUT2D eigenvalue weighted by atomic mass is 10.0. The van der Waals surface area contributed by atoms with Gasteiger partial charge in [0.2, 0.25) is 15.9 Å². The number of nitrogens with zero attached hydrogens (tertiary/aromatic N) is 1.